The second-order valence-electron chi connectivity index (χ2n) is 3.98. The normalized spacial score (nSPS) is 10.9. The molecule has 0 spiro atoms. The van der Waals surface area contributed by atoms with Crippen LogP contribution < -0.4 is 10.6 Å². The highest BCUT2D eigenvalue weighted by molar-refractivity contribution is 6.57. The van der Waals surface area contributed by atoms with E-state index in [1.54, 1.807) is 25.4 Å². The van der Waals surface area contributed by atoms with Gasteiger partial charge in [0.1, 0.15) is 17.1 Å². The molecule has 0 unspecified atom stereocenters. The highest BCUT2D eigenvalue weighted by Crippen LogP contribution is 2.23. The van der Waals surface area contributed by atoms with Crippen molar-refractivity contribution in [2.75, 3.05) is 32.2 Å². The lowest BCUT2D eigenvalue weighted by atomic mass is 9.88. The summed E-state index contributed by atoms with van der Waals surface area (Å²) in [5.74, 6) is 0.722. The molecule has 7 heteroatoms. The number of anilines is 1. The van der Waals surface area contributed by atoms with Gasteiger partial charge in [0.15, 0.2) is 0 Å². The number of aromatic nitrogens is 1. The zero-order chi connectivity index (χ0) is 13.1. The number of methoxy groups -OCH3 is 1. The van der Waals surface area contributed by atoms with E-state index in [0.717, 1.165) is 11.2 Å². The van der Waals surface area contributed by atoms with E-state index < -0.39 is 7.12 Å². The monoisotopic (exact) mass is 250 g/mol. The van der Waals surface area contributed by atoms with Crippen LogP contribution in [0.2, 0.25) is 0 Å². The average molecular weight is 250 g/mol. The highest BCUT2D eigenvalue weighted by atomic mass is 16.5. The van der Waals surface area contributed by atoms with Crippen molar-refractivity contribution >= 4 is 29.6 Å². The van der Waals surface area contributed by atoms with E-state index in [9.17, 15) is 0 Å². The molecular formula is C11H15BN2O4. The fourth-order valence-electron chi connectivity index (χ4n) is 1.73. The summed E-state index contributed by atoms with van der Waals surface area (Å²) < 4.78 is 10.3. The maximum Gasteiger partial charge on any atom is 0.526 e. The van der Waals surface area contributed by atoms with E-state index in [2.05, 4.69) is 4.98 Å². The van der Waals surface area contributed by atoms with Crippen LogP contribution in [0, 0.1) is 0 Å². The van der Waals surface area contributed by atoms with Crippen molar-refractivity contribution in [3.8, 4) is 0 Å². The summed E-state index contributed by atoms with van der Waals surface area (Å²) in [5.41, 5.74) is 0.687. The summed E-state index contributed by atoms with van der Waals surface area (Å²) in [6.07, 6.45) is 1.62. The van der Waals surface area contributed by atoms with Crippen molar-refractivity contribution in [1.29, 1.82) is 0 Å². The Labute approximate surface area is 105 Å². The van der Waals surface area contributed by atoms with Crippen molar-refractivity contribution in [1.82, 2.24) is 4.98 Å². The summed E-state index contributed by atoms with van der Waals surface area (Å²) in [7, 11) is 1.91. The first-order chi connectivity index (χ1) is 8.63. The lowest BCUT2D eigenvalue weighted by Gasteiger charge is -2.17. The SMILES string of the molecule is COCCN(C)c1nccc2oc(B(O)O)cc12. The van der Waals surface area contributed by atoms with Crippen LogP contribution in [0.3, 0.4) is 0 Å². The first-order valence-electron chi connectivity index (χ1n) is 5.58. The molecule has 2 N–H and O–H groups in total. The molecular weight excluding hydrogens is 235 g/mol. The molecule has 96 valence electrons. The standard InChI is InChI=1S/C11H15BN2O4/c1-14(5-6-17-2)11-8-7-10(12(15)16)18-9(8)3-4-13-11/h3-4,7,15-16H,5-6H2,1-2H3. The van der Waals surface area contributed by atoms with Gasteiger partial charge >= 0.3 is 7.12 Å². The summed E-state index contributed by atoms with van der Waals surface area (Å²) in [6.45, 7) is 1.27. The number of hydrogen-bond acceptors (Lipinski definition) is 6. The largest absolute Gasteiger partial charge is 0.526 e. The first-order valence-corrected chi connectivity index (χ1v) is 5.58. The zero-order valence-corrected chi connectivity index (χ0v) is 10.3. The number of hydrogen-bond donors (Lipinski definition) is 2. The molecule has 2 aromatic heterocycles. The van der Waals surface area contributed by atoms with E-state index in [0.29, 0.717) is 18.7 Å². The Bertz CT molecular complexity index is 529. The minimum atomic E-state index is -1.62. The van der Waals surface area contributed by atoms with E-state index >= 15 is 0 Å². The van der Waals surface area contributed by atoms with Crippen molar-refractivity contribution < 1.29 is 19.2 Å². The molecule has 0 saturated carbocycles. The fraction of sp³-hybridized carbons (Fsp3) is 0.364. The molecule has 0 aromatic carbocycles. The summed E-state index contributed by atoms with van der Waals surface area (Å²) in [5, 5.41) is 19.0. The highest BCUT2D eigenvalue weighted by Gasteiger charge is 2.19. The molecule has 6 nitrogen and oxygen atoms in total. The second kappa shape index (κ2) is 5.39. The Balaban J connectivity index is 2.38. The Morgan fingerprint density at radius 2 is 2.28 bits per heavy atom. The minimum Gasteiger partial charge on any atom is -0.464 e. The predicted molar refractivity (Wildman–Crippen MR) is 69.0 cm³/mol. The number of likely N-dealkylation sites (N-methyl/N-ethyl adjacent to an activating group) is 1. The molecule has 2 aromatic rings. The number of furan rings is 1. The van der Waals surface area contributed by atoms with Gasteiger partial charge in [0.25, 0.3) is 0 Å². The molecule has 0 bridgehead atoms. The van der Waals surface area contributed by atoms with E-state index in [-0.39, 0.29) is 5.66 Å². The Hall–Kier alpha value is -1.57. The van der Waals surface area contributed by atoms with Crippen LogP contribution >= 0.6 is 0 Å². The maximum atomic E-state index is 9.10. The van der Waals surface area contributed by atoms with E-state index in [1.165, 1.54) is 0 Å². The molecule has 0 radical (unpaired) electrons. The third-order valence-corrected chi connectivity index (χ3v) is 2.69. The van der Waals surface area contributed by atoms with Gasteiger partial charge in [-0.05, 0) is 12.1 Å². The number of ether oxygens (including phenoxy) is 1. The van der Waals surface area contributed by atoms with Gasteiger partial charge in [-0.2, -0.15) is 0 Å². The molecule has 18 heavy (non-hydrogen) atoms. The van der Waals surface area contributed by atoms with Gasteiger partial charge in [0.05, 0.1) is 12.0 Å². The molecule has 0 aliphatic heterocycles. The van der Waals surface area contributed by atoms with Crippen LogP contribution in [0.1, 0.15) is 0 Å². The fourth-order valence-corrected chi connectivity index (χ4v) is 1.73. The van der Waals surface area contributed by atoms with Crippen LogP contribution in [0.4, 0.5) is 5.82 Å². The van der Waals surface area contributed by atoms with Gasteiger partial charge in [-0.3, -0.25) is 0 Å². The molecule has 0 saturated heterocycles. The van der Waals surface area contributed by atoms with Gasteiger partial charge in [0, 0.05) is 26.9 Å². The Morgan fingerprint density at radius 1 is 1.50 bits per heavy atom. The zero-order valence-electron chi connectivity index (χ0n) is 10.3. The molecule has 0 fully saturated rings. The Kier molecular flexibility index (Phi) is 3.85. The third-order valence-electron chi connectivity index (χ3n) is 2.69. The van der Waals surface area contributed by atoms with Gasteiger partial charge in [0.2, 0.25) is 0 Å². The van der Waals surface area contributed by atoms with Crippen molar-refractivity contribution in [3.05, 3.63) is 18.3 Å². The van der Waals surface area contributed by atoms with Gasteiger partial charge < -0.3 is 24.1 Å². The number of pyridine rings is 1. The minimum absolute atomic E-state index is 0.111. The second-order valence-corrected chi connectivity index (χ2v) is 3.98. The number of fused-ring (bicyclic) bond motifs is 1. The summed E-state index contributed by atoms with van der Waals surface area (Å²) in [4.78, 5) is 6.20. The lowest BCUT2D eigenvalue weighted by molar-refractivity contribution is 0.206. The number of rotatable bonds is 5. The number of nitrogens with zero attached hydrogens (tertiary/aromatic N) is 2. The molecule has 2 rings (SSSR count). The van der Waals surface area contributed by atoms with Crippen molar-refractivity contribution in [2.24, 2.45) is 0 Å². The summed E-state index contributed by atoms with van der Waals surface area (Å²) >= 11 is 0. The predicted octanol–water partition coefficient (Wildman–Crippen LogP) is -0.410. The average Bonchev–Trinajstić information content (AvgIpc) is 2.79. The molecule has 0 amide bonds. The molecule has 0 aliphatic carbocycles. The summed E-state index contributed by atoms with van der Waals surface area (Å²) in [6, 6.07) is 3.28. The smallest absolute Gasteiger partial charge is 0.464 e. The van der Waals surface area contributed by atoms with Crippen LogP contribution in [0.25, 0.3) is 11.0 Å². The van der Waals surface area contributed by atoms with Crippen molar-refractivity contribution in [2.45, 2.75) is 0 Å². The van der Waals surface area contributed by atoms with Gasteiger partial charge in [-0.1, -0.05) is 0 Å². The van der Waals surface area contributed by atoms with Crippen LogP contribution in [0.15, 0.2) is 22.7 Å². The van der Waals surface area contributed by atoms with Gasteiger partial charge in [-0.15, -0.1) is 0 Å². The first kappa shape index (κ1) is 12.9. The third kappa shape index (κ3) is 2.48. The topological polar surface area (TPSA) is 79.0 Å². The van der Waals surface area contributed by atoms with Crippen LogP contribution in [-0.2, 0) is 4.74 Å². The molecule has 2 heterocycles. The van der Waals surface area contributed by atoms with E-state index in [1.807, 2.05) is 11.9 Å². The molecule has 0 atom stereocenters. The quantitative estimate of drug-likeness (QED) is 0.702. The van der Waals surface area contributed by atoms with Gasteiger partial charge in [-0.25, -0.2) is 4.98 Å². The maximum absolute atomic E-state index is 9.10. The van der Waals surface area contributed by atoms with Crippen LogP contribution in [-0.4, -0.2) is 49.5 Å². The van der Waals surface area contributed by atoms with Crippen LogP contribution in [0.5, 0.6) is 0 Å². The van der Waals surface area contributed by atoms with Crippen molar-refractivity contribution in [3.63, 3.8) is 0 Å². The molecule has 0 aliphatic rings. The Morgan fingerprint density at radius 3 is 2.94 bits per heavy atom. The van der Waals surface area contributed by atoms with E-state index in [4.69, 9.17) is 19.2 Å². The lowest BCUT2D eigenvalue weighted by Crippen LogP contribution is -2.28.